The lowest BCUT2D eigenvalue weighted by Crippen LogP contribution is -2.53. The molecule has 4 unspecified atom stereocenters. The highest BCUT2D eigenvalue weighted by molar-refractivity contribution is 7.23. The SMILES string of the molecule is CN1C2CCC1C(F)C(Nc1cccc3c(CC(F)(F)F)c(-c4noc(CNC(=O)c5cn(C)nc5OC(O)(O)O)n4)sc13)C2. The molecule has 2 bridgehead atoms. The number of nitrogens with zero attached hydrogens (tertiary/aromatic N) is 5. The topological polar surface area (TPSA) is 171 Å². The number of benzene rings is 1. The molecule has 2 saturated heterocycles. The van der Waals surface area contributed by atoms with E-state index in [9.17, 15) is 18.0 Å². The summed E-state index contributed by atoms with van der Waals surface area (Å²) in [6, 6.07) is 4.45. The summed E-state index contributed by atoms with van der Waals surface area (Å²) in [6.07, 6.45) is -7.12. The highest BCUT2D eigenvalue weighted by Gasteiger charge is 2.46. The van der Waals surface area contributed by atoms with Gasteiger partial charge in [-0.3, -0.25) is 14.4 Å². The Morgan fingerprint density at radius 2 is 2.00 bits per heavy atom. The fourth-order valence-electron chi connectivity index (χ4n) is 6.08. The number of aliphatic hydroxyl groups is 3. The summed E-state index contributed by atoms with van der Waals surface area (Å²) in [6.45, 7) is -0.356. The molecule has 5 heterocycles. The minimum absolute atomic E-state index is 0.0552. The van der Waals surface area contributed by atoms with Gasteiger partial charge in [-0.05, 0) is 43.3 Å². The third-order valence-corrected chi connectivity index (χ3v) is 9.33. The van der Waals surface area contributed by atoms with Crippen LogP contribution < -0.4 is 15.4 Å². The van der Waals surface area contributed by atoms with Crippen molar-refractivity contribution in [1.29, 1.82) is 0 Å². The second kappa shape index (κ2) is 11.5. The number of rotatable bonds is 9. The van der Waals surface area contributed by atoms with Crippen LogP contribution in [-0.2, 0) is 20.0 Å². The Morgan fingerprint density at radius 1 is 1.22 bits per heavy atom. The van der Waals surface area contributed by atoms with Gasteiger partial charge < -0.3 is 35.2 Å². The Bertz CT molecular complexity index is 1720. The van der Waals surface area contributed by atoms with Crippen LogP contribution in [-0.4, -0.2) is 89.7 Å². The number of fused-ring (bicyclic) bond motifs is 3. The maximum absolute atomic E-state index is 15.4. The Balaban J connectivity index is 1.25. The molecule has 45 heavy (non-hydrogen) atoms. The number of anilines is 1. The smallest absolute Gasteiger partial charge is 0.396 e. The molecule has 4 aromatic rings. The standard InChI is InChI=1S/C27H29F4N7O6S/c1-37-11-15(25(35-37)43-27(40,41)42)24(39)32-10-19-34-23(36-44-19)22-14(9-26(29,30)31)13-4-3-5-16(21(13)45-22)33-17-8-12-6-7-18(20(17)28)38(12)2/h3-5,11-12,17-18,20,33,40-42H,6-10H2,1-2H3,(H,32,39). The third-order valence-electron chi connectivity index (χ3n) is 8.05. The second-order valence-electron chi connectivity index (χ2n) is 11.2. The largest absolute Gasteiger partial charge is 0.454 e. The van der Waals surface area contributed by atoms with Gasteiger partial charge in [-0.25, -0.2) is 4.39 Å². The zero-order chi connectivity index (χ0) is 32.3. The average molecular weight is 656 g/mol. The van der Waals surface area contributed by atoms with E-state index in [0.29, 0.717) is 22.2 Å². The quantitative estimate of drug-likeness (QED) is 0.133. The van der Waals surface area contributed by atoms with Gasteiger partial charge in [0.1, 0.15) is 11.7 Å². The fourth-order valence-corrected chi connectivity index (χ4v) is 7.30. The predicted molar refractivity (Wildman–Crippen MR) is 151 cm³/mol. The van der Waals surface area contributed by atoms with Crippen LogP contribution in [0.2, 0.25) is 0 Å². The van der Waals surface area contributed by atoms with Crippen molar-refractivity contribution >= 4 is 33.0 Å². The minimum atomic E-state index is -4.55. The fraction of sp³-hybridized carbons (Fsp3) is 0.481. The molecule has 2 fully saturated rings. The lowest BCUT2D eigenvalue weighted by Gasteiger charge is -2.39. The number of alkyl halides is 4. The van der Waals surface area contributed by atoms with Crippen LogP contribution in [0.25, 0.3) is 20.8 Å². The van der Waals surface area contributed by atoms with E-state index in [1.165, 1.54) is 13.2 Å². The van der Waals surface area contributed by atoms with Crippen molar-refractivity contribution in [2.75, 3.05) is 12.4 Å². The molecule has 3 aromatic heterocycles. The number of carbonyl (C=O) groups is 1. The summed E-state index contributed by atoms with van der Waals surface area (Å²) in [7, 11) is 3.34. The molecule has 2 aliphatic rings. The zero-order valence-electron chi connectivity index (χ0n) is 23.9. The number of piperidine rings is 1. The molecule has 0 aliphatic carbocycles. The lowest BCUT2D eigenvalue weighted by atomic mass is 9.95. The number of aromatic nitrogens is 4. The van der Waals surface area contributed by atoms with Crippen LogP contribution in [0.1, 0.15) is 41.1 Å². The van der Waals surface area contributed by atoms with Gasteiger partial charge >= 0.3 is 12.3 Å². The summed E-state index contributed by atoms with van der Waals surface area (Å²) >= 11 is 1.03. The monoisotopic (exact) mass is 655 g/mol. The molecule has 2 aliphatic heterocycles. The molecule has 0 radical (unpaired) electrons. The van der Waals surface area contributed by atoms with Gasteiger partial charge in [0.15, 0.2) is 0 Å². The van der Waals surface area contributed by atoms with Crippen LogP contribution in [0.15, 0.2) is 28.9 Å². The Hall–Kier alpha value is -3.84. The first-order chi connectivity index (χ1) is 21.2. The van der Waals surface area contributed by atoms with Crippen LogP contribution in [0, 0.1) is 0 Å². The van der Waals surface area contributed by atoms with Crippen molar-refractivity contribution in [3.8, 4) is 16.6 Å². The predicted octanol–water partition coefficient (Wildman–Crippen LogP) is 2.67. The molecule has 4 atom stereocenters. The van der Waals surface area contributed by atoms with E-state index in [2.05, 4.69) is 35.5 Å². The van der Waals surface area contributed by atoms with E-state index in [-0.39, 0.29) is 46.3 Å². The van der Waals surface area contributed by atoms with Gasteiger partial charge in [-0.15, -0.1) is 16.4 Å². The first kappa shape index (κ1) is 31.2. The van der Waals surface area contributed by atoms with Crippen molar-refractivity contribution in [1.82, 2.24) is 30.1 Å². The first-order valence-corrected chi connectivity index (χ1v) is 14.7. The summed E-state index contributed by atoms with van der Waals surface area (Å²) in [5.74, 6) is -1.68. The van der Waals surface area contributed by atoms with Crippen LogP contribution in [0.3, 0.4) is 0 Å². The van der Waals surface area contributed by atoms with Crippen molar-refractivity contribution < 1.29 is 46.9 Å². The number of hydrogen-bond acceptors (Lipinski definition) is 12. The lowest BCUT2D eigenvalue weighted by molar-refractivity contribution is -0.420. The van der Waals surface area contributed by atoms with E-state index in [4.69, 9.17) is 19.8 Å². The van der Waals surface area contributed by atoms with E-state index < -0.39 is 42.8 Å². The maximum atomic E-state index is 15.4. The van der Waals surface area contributed by atoms with Gasteiger partial charge in [-0.1, -0.05) is 17.3 Å². The summed E-state index contributed by atoms with van der Waals surface area (Å²) < 4.78 is 68.0. The second-order valence-corrected chi connectivity index (χ2v) is 12.2. The molecule has 6 rings (SSSR count). The van der Waals surface area contributed by atoms with Crippen molar-refractivity contribution in [3.05, 3.63) is 41.4 Å². The number of aryl methyl sites for hydroxylation is 1. The van der Waals surface area contributed by atoms with Crippen molar-refractivity contribution in [2.24, 2.45) is 7.05 Å². The van der Waals surface area contributed by atoms with Crippen molar-refractivity contribution in [2.45, 2.75) is 68.9 Å². The van der Waals surface area contributed by atoms with E-state index in [1.807, 2.05) is 7.05 Å². The molecular formula is C27H29F4N7O6S. The highest BCUT2D eigenvalue weighted by Crippen LogP contribution is 2.45. The minimum Gasteiger partial charge on any atom is -0.396 e. The zero-order valence-corrected chi connectivity index (χ0v) is 24.7. The number of carbonyl (C=O) groups excluding carboxylic acids is 1. The number of halogens is 4. The van der Waals surface area contributed by atoms with E-state index >= 15 is 4.39 Å². The Kier molecular flexibility index (Phi) is 7.97. The molecule has 13 nitrogen and oxygen atoms in total. The number of amides is 1. The molecule has 5 N–H and O–H groups in total. The first-order valence-electron chi connectivity index (χ1n) is 13.9. The summed E-state index contributed by atoms with van der Waals surface area (Å²) in [4.78, 5) is 19.1. The normalized spacial score (nSPS) is 22.2. The molecule has 0 saturated carbocycles. The molecule has 18 heteroatoms. The Labute approximate surface area is 256 Å². The highest BCUT2D eigenvalue weighted by atomic mass is 32.1. The molecule has 1 aromatic carbocycles. The number of nitrogens with one attached hydrogen (secondary N) is 2. The van der Waals surface area contributed by atoms with Crippen molar-refractivity contribution in [3.63, 3.8) is 0 Å². The van der Waals surface area contributed by atoms with E-state index in [1.54, 1.807) is 18.2 Å². The summed E-state index contributed by atoms with van der Waals surface area (Å²) in [5.41, 5.74) is 0.191. The number of hydrogen-bond donors (Lipinski definition) is 5. The summed E-state index contributed by atoms with van der Waals surface area (Å²) in [5, 5.41) is 40.9. The van der Waals surface area contributed by atoms with Gasteiger partial charge in [0.05, 0.1) is 34.3 Å². The van der Waals surface area contributed by atoms with Crippen LogP contribution in [0.4, 0.5) is 23.2 Å². The Morgan fingerprint density at radius 3 is 2.73 bits per heavy atom. The third kappa shape index (κ3) is 6.46. The van der Waals surface area contributed by atoms with Gasteiger partial charge in [0, 0.05) is 25.3 Å². The molecule has 0 spiro atoms. The average Bonchev–Trinajstić information content (AvgIpc) is 3.70. The van der Waals surface area contributed by atoms with Gasteiger partial charge in [0.2, 0.25) is 11.7 Å². The van der Waals surface area contributed by atoms with Gasteiger partial charge in [-0.2, -0.15) is 18.2 Å². The maximum Gasteiger partial charge on any atom is 0.454 e. The van der Waals surface area contributed by atoms with Gasteiger partial charge in [0.25, 0.3) is 11.8 Å². The number of thiophene rings is 1. The van der Waals surface area contributed by atoms with Crippen LogP contribution >= 0.6 is 11.3 Å². The molecular weight excluding hydrogens is 626 g/mol. The molecule has 1 amide bonds. The van der Waals surface area contributed by atoms with Crippen LogP contribution in [0.5, 0.6) is 5.88 Å². The van der Waals surface area contributed by atoms with E-state index in [0.717, 1.165) is 28.9 Å². The number of ether oxygens (including phenoxy) is 1. The molecule has 242 valence electrons.